The summed E-state index contributed by atoms with van der Waals surface area (Å²) in [6.45, 7) is 2.74. The van der Waals surface area contributed by atoms with Crippen LogP contribution in [0.2, 0.25) is 0 Å². The molecule has 0 atom stereocenters. The van der Waals surface area contributed by atoms with Gasteiger partial charge in [0.25, 0.3) is 11.6 Å². The van der Waals surface area contributed by atoms with Gasteiger partial charge in [0, 0.05) is 29.9 Å². The largest absolute Gasteiger partial charge is 0.352 e. The van der Waals surface area contributed by atoms with Gasteiger partial charge in [0.2, 0.25) is 5.91 Å². The SMILES string of the molecule is Cc1ccc(CN(C(=O)c2ccc([N+](=O)[O-])cc2)c2cccc(CC(=O)NCc3ccccc3)c2)cc1. The lowest BCUT2D eigenvalue weighted by Gasteiger charge is -2.24. The third-order valence-corrected chi connectivity index (χ3v) is 5.95. The topological polar surface area (TPSA) is 92.6 Å². The molecule has 7 nitrogen and oxygen atoms in total. The molecule has 0 saturated carbocycles. The van der Waals surface area contributed by atoms with Gasteiger partial charge in [-0.2, -0.15) is 0 Å². The molecule has 0 radical (unpaired) electrons. The van der Waals surface area contributed by atoms with E-state index in [4.69, 9.17) is 0 Å². The third kappa shape index (κ3) is 6.89. The number of nitrogens with one attached hydrogen (secondary N) is 1. The molecule has 0 aliphatic heterocycles. The summed E-state index contributed by atoms with van der Waals surface area (Å²) < 4.78 is 0. The highest BCUT2D eigenvalue weighted by Gasteiger charge is 2.20. The molecule has 0 aliphatic rings. The fourth-order valence-electron chi connectivity index (χ4n) is 3.92. The Balaban J connectivity index is 1.56. The van der Waals surface area contributed by atoms with Crippen molar-refractivity contribution in [2.45, 2.75) is 26.4 Å². The van der Waals surface area contributed by atoms with Crippen LogP contribution in [0, 0.1) is 17.0 Å². The lowest BCUT2D eigenvalue weighted by Crippen LogP contribution is -2.30. The van der Waals surface area contributed by atoms with Gasteiger partial charge in [0.05, 0.1) is 17.9 Å². The molecule has 0 unspecified atom stereocenters. The first-order chi connectivity index (χ1) is 17.9. The molecule has 4 aromatic carbocycles. The van der Waals surface area contributed by atoms with E-state index >= 15 is 0 Å². The fraction of sp³-hybridized carbons (Fsp3) is 0.133. The standard InChI is InChI=1S/C30H27N3O4/c1-22-10-12-24(13-11-22)21-32(30(35)26-14-16-27(17-15-26)33(36)37)28-9-5-8-25(18-28)19-29(34)31-20-23-6-3-2-4-7-23/h2-18H,19-21H2,1H3,(H,31,34). The van der Waals surface area contributed by atoms with Crippen molar-refractivity contribution in [2.24, 2.45) is 0 Å². The van der Waals surface area contributed by atoms with Crippen molar-refractivity contribution in [3.63, 3.8) is 0 Å². The molecule has 37 heavy (non-hydrogen) atoms. The first-order valence-corrected chi connectivity index (χ1v) is 11.9. The van der Waals surface area contributed by atoms with Crippen LogP contribution >= 0.6 is 0 Å². The van der Waals surface area contributed by atoms with Crippen molar-refractivity contribution >= 4 is 23.2 Å². The number of rotatable bonds is 9. The predicted molar refractivity (Wildman–Crippen MR) is 143 cm³/mol. The number of nitrogens with zero attached hydrogens (tertiary/aromatic N) is 2. The number of carbonyl (C=O) groups excluding carboxylic acids is 2. The highest BCUT2D eigenvalue weighted by Crippen LogP contribution is 2.23. The molecule has 4 aromatic rings. The lowest BCUT2D eigenvalue weighted by atomic mass is 10.1. The number of aryl methyl sites for hydroxylation is 1. The van der Waals surface area contributed by atoms with Gasteiger partial charge >= 0.3 is 0 Å². The van der Waals surface area contributed by atoms with Crippen molar-refractivity contribution in [1.29, 1.82) is 0 Å². The molecule has 0 aliphatic carbocycles. The van der Waals surface area contributed by atoms with Crippen LogP contribution in [0.5, 0.6) is 0 Å². The van der Waals surface area contributed by atoms with Crippen LogP contribution in [0.25, 0.3) is 0 Å². The summed E-state index contributed by atoms with van der Waals surface area (Å²) in [5, 5.41) is 14.0. The molecule has 7 heteroatoms. The van der Waals surface area contributed by atoms with Gasteiger partial charge in [0.15, 0.2) is 0 Å². The predicted octanol–water partition coefficient (Wildman–Crippen LogP) is 5.61. The van der Waals surface area contributed by atoms with Crippen LogP contribution in [0.4, 0.5) is 11.4 Å². The Hall–Kier alpha value is -4.78. The summed E-state index contributed by atoms with van der Waals surface area (Å²) in [7, 11) is 0. The monoisotopic (exact) mass is 493 g/mol. The molecule has 0 bridgehead atoms. The van der Waals surface area contributed by atoms with Crippen LogP contribution < -0.4 is 10.2 Å². The Morgan fingerprint density at radius 2 is 1.49 bits per heavy atom. The van der Waals surface area contributed by atoms with Crippen LogP contribution in [-0.2, 0) is 24.3 Å². The third-order valence-electron chi connectivity index (χ3n) is 5.95. The summed E-state index contributed by atoms with van der Waals surface area (Å²) in [6.07, 6.45) is 0.171. The van der Waals surface area contributed by atoms with Gasteiger partial charge < -0.3 is 10.2 Å². The van der Waals surface area contributed by atoms with Crippen LogP contribution in [0.3, 0.4) is 0 Å². The van der Waals surface area contributed by atoms with E-state index in [-0.39, 0.29) is 23.9 Å². The van der Waals surface area contributed by atoms with Crippen LogP contribution in [-0.4, -0.2) is 16.7 Å². The number of hydrogen-bond acceptors (Lipinski definition) is 4. The quantitative estimate of drug-likeness (QED) is 0.242. The van der Waals surface area contributed by atoms with Gasteiger partial charge in [0.1, 0.15) is 0 Å². The number of anilines is 1. The van der Waals surface area contributed by atoms with Gasteiger partial charge in [-0.25, -0.2) is 0 Å². The van der Waals surface area contributed by atoms with E-state index in [0.717, 1.165) is 22.3 Å². The minimum absolute atomic E-state index is 0.0786. The summed E-state index contributed by atoms with van der Waals surface area (Å²) in [4.78, 5) is 38.3. The maximum Gasteiger partial charge on any atom is 0.269 e. The highest BCUT2D eigenvalue weighted by atomic mass is 16.6. The highest BCUT2D eigenvalue weighted by molar-refractivity contribution is 6.06. The van der Waals surface area contributed by atoms with E-state index in [9.17, 15) is 19.7 Å². The molecule has 4 rings (SSSR count). The van der Waals surface area contributed by atoms with Gasteiger partial charge in [-0.05, 0) is 47.9 Å². The summed E-state index contributed by atoms with van der Waals surface area (Å²) in [6, 6.07) is 30.5. The molecule has 0 saturated heterocycles. The van der Waals surface area contributed by atoms with Crippen molar-refractivity contribution < 1.29 is 14.5 Å². The van der Waals surface area contributed by atoms with E-state index in [1.807, 2.05) is 85.8 Å². The van der Waals surface area contributed by atoms with Crippen molar-refractivity contribution in [2.75, 3.05) is 4.90 Å². The maximum atomic E-state index is 13.6. The average Bonchev–Trinajstić information content (AvgIpc) is 2.92. The molecule has 0 fully saturated rings. The average molecular weight is 494 g/mol. The maximum absolute atomic E-state index is 13.6. The molecular weight excluding hydrogens is 466 g/mol. The van der Waals surface area contributed by atoms with E-state index in [1.165, 1.54) is 24.3 Å². The molecule has 0 spiro atoms. The number of amides is 2. The Labute approximate surface area is 215 Å². The molecular formula is C30H27N3O4. The van der Waals surface area contributed by atoms with E-state index < -0.39 is 4.92 Å². The second-order valence-corrected chi connectivity index (χ2v) is 8.79. The second-order valence-electron chi connectivity index (χ2n) is 8.79. The fourth-order valence-corrected chi connectivity index (χ4v) is 3.92. The number of benzene rings is 4. The van der Waals surface area contributed by atoms with Crippen molar-refractivity contribution in [3.8, 4) is 0 Å². The number of non-ortho nitro benzene ring substituents is 1. The Kier molecular flexibility index (Phi) is 8.05. The normalized spacial score (nSPS) is 10.5. The molecule has 2 amide bonds. The number of nitro groups is 1. The second kappa shape index (κ2) is 11.8. The van der Waals surface area contributed by atoms with Gasteiger partial charge in [-0.1, -0.05) is 72.3 Å². The zero-order chi connectivity index (χ0) is 26.2. The zero-order valence-corrected chi connectivity index (χ0v) is 20.5. The zero-order valence-electron chi connectivity index (χ0n) is 20.5. The minimum Gasteiger partial charge on any atom is -0.352 e. The summed E-state index contributed by atoms with van der Waals surface area (Å²) >= 11 is 0. The van der Waals surface area contributed by atoms with E-state index in [1.54, 1.807) is 4.90 Å². The Morgan fingerprint density at radius 1 is 0.811 bits per heavy atom. The smallest absolute Gasteiger partial charge is 0.269 e. The minimum atomic E-state index is -0.495. The van der Waals surface area contributed by atoms with Gasteiger partial charge in [-0.3, -0.25) is 19.7 Å². The van der Waals surface area contributed by atoms with E-state index in [2.05, 4.69) is 5.32 Å². The molecule has 1 N–H and O–H groups in total. The molecule has 186 valence electrons. The van der Waals surface area contributed by atoms with Crippen LogP contribution in [0.15, 0.2) is 103 Å². The molecule has 0 aromatic heterocycles. The van der Waals surface area contributed by atoms with Crippen molar-refractivity contribution in [1.82, 2.24) is 5.32 Å². The first kappa shape index (κ1) is 25.3. The van der Waals surface area contributed by atoms with Gasteiger partial charge in [-0.15, -0.1) is 0 Å². The summed E-state index contributed by atoms with van der Waals surface area (Å²) in [5.41, 5.74) is 4.73. The lowest BCUT2D eigenvalue weighted by molar-refractivity contribution is -0.384. The Bertz CT molecular complexity index is 1380. The van der Waals surface area contributed by atoms with Crippen LogP contribution in [0.1, 0.15) is 32.6 Å². The number of carbonyl (C=O) groups is 2. The number of nitro benzene ring substituents is 1. The number of hydrogen-bond donors (Lipinski definition) is 1. The Morgan fingerprint density at radius 3 is 2.16 bits per heavy atom. The summed E-state index contributed by atoms with van der Waals surface area (Å²) in [5.74, 6) is -0.408. The molecule has 0 heterocycles. The first-order valence-electron chi connectivity index (χ1n) is 11.9. The van der Waals surface area contributed by atoms with E-state index in [0.29, 0.717) is 24.3 Å². The van der Waals surface area contributed by atoms with Crippen molar-refractivity contribution in [3.05, 3.63) is 141 Å².